The Labute approximate surface area is 161 Å². The number of hydrogen-bond donors (Lipinski definition) is 2. The zero-order chi connectivity index (χ0) is 20.1. The van der Waals surface area contributed by atoms with Crippen LogP contribution in [-0.2, 0) is 0 Å². The second kappa shape index (κ2) is 8.91. The Balaban J connectivity index is 1.64. The van der Waals surface area contributed by atoms with Gasteiger partial charge in [0.05, 0.1) is 5.69 Å². The van der Waals surface area contributed by atoms with Gasteiger partial charge in [-0.05, 0) is 49.2 Å². The van der Waals surface area contributed by atoms with Crippen LogP contribution in [0, 0.1) is 17.5 Å². The molecule has 4 nitrogen and oxygen atoms in total. The van der Waals surface area contributed by atoms with Crippen LogP contribution in [0.4, 0.5) is 18.9 Å². The molecule has 1 aliphatic rings. The Bertz CT molecular complexity index is 861. The van der Waals surface area contributed by atoms with E-state index in [4.69, 9.17) is 0 Å². The monoisotopic (exact) mass is 390 g/mol. The van der Waals surface area contributed by atoms with Crippen molar-refractivity contribution in [2.75, 3.05) is 5.32 Å². The average molecular weight is 390 g/mol. The SMILES string of the molecule is O=C(Nc1ccc(F)c(F)c1F)c1ccc(C(=O)NC2CCCCCC2)cc1. The van der Waals surface area contributed by atoms with E-state index < -0.39 is 29.0 Å². The van der Waals surface area contributed by atoms with Gasteiger partial charge < -0.3 is 10.6 Å². The summed E-state index contributed by atoms with van der Waals surface area (Å²) in [5.41, 5.74) is 0.119. The molecule has 0 unspecified atom stereocenters. The van der Waals surface area contributed by atoms with E-state index in [1.165, 1.54) is 37.1 Å². The zero-order valence-electron chi connectivity index (χ0n) is 15.2. The molecule has 7 heteroatoms. The van der Waals surface area contributed by atoms with Gasteiger partial charge in [0.2, 0.25) is 0 Å². The van der Waals surface area contributed by atoms with Crippen LogP contribution in [0.1, 0.15) is 59.2 Å². The second-order valence-electron chi connectivity index (χ2n) is 6.92. The van der Waals surface area contributed by atoms with Crippen LogP contribution in [0.5, 0.6) is 0 Å². The molecule has 0 spiro atoms. The minimum absolute atomic E-state index is 0.161. The first-order valence-electron chi connectivity index (χ1n) is 9.31. The molecule has 3 rings (SSSR count). The number of amides is 2. The maximum atomic E-state index is 13.7. The molecule has 28 heavy (non-hydrogen) atoms. The van der Waals surface area contributed by atoms with Gasteiger partial charge in [-0.2, -0.15) is 0 Å². The number of anilines is 1. The van der Waals surface area contributed by atoms with Gasteiger partial charge in [0.15, 0.2) is 17.5 Å². The standard InChI is InChI=1S/C21H21F3N2O2/c22-16-11-12-17(19(24)18(16)23)26-21(28)14-9-7-13(8-10-14)20(27)25-15-5-3-1-2-4-6-15/h7-12,15H,1-6H2,(H,25,27)(H,26,28). The van der Waals surface area contributed by atoms with Crippen molar-refractivity contribution in [2.45, 2.75) is 44.6 Å². The van der Waals surface area contributed by atoms with E-state index in [-0.39, 0.29) is 17.5 Å². The average Bonchev–Trinajstić information content (AvgIpc) is 2.97. The van der Waals surface area contributed by atoms with Crippen molar-refractivity contribution in [2.24, 2.45) is 0 Å². The van der Waals surface area contributed by atoms with Crippen molar-refractivity contribution < 1.29 is 22.8 Å². The fourth-order valence-corrected chi connectivity index (χ4v) is 3.28. The topological polar surface area (TPSA) is 58.2 Å². The second-order valence-corrected chi connectivity index (χ2v) is 6.92. The van der Waals surface area contributed by atoms with Gasteiger partial charge >= 0.3 is 0 Å². The smallest absolute Gasteiger partial charge is 0.255 e. The summed E-state index contributed by atoms with van der Waals surface area (Å²) in [5, 5.41) is 5.21. The third-order valence-corrected chi connectivity index (χ3v) is 4.88. The predicted molar refractivity (Wildman–Crippen MR) is 99.7 cm³/mol. The molecule has 0 aliphatic heterocycles. The van der Waals surface area contributed by atoms with Gasteiger partial charge in [-0.15, -0.1) is 0 Å². The van der Waals surface area contributed by atoms with Gasteiger partial charge in [0.25, 0.3) is 11.8 Å². The highest BCUT2D eigenvalue weighted by Crippen LogP contribution is 2.21. The molecule has 2 amide bonds. The fourth-order valence-electron chi connectivity index (χ4n) is 3.28. The highest BCUT2D eigenvalue weighted by molar-refractivity contribution is 6.05. The Hall–Kier alpha value is -2.83. The van der Waals surface area contributed by atoms with E-state index >= 15 is 0 Å². The van der Waals surface area contributed by atoms with Crippen molar-refractivity contribution in [1.82, 2.24) is 5.32 Å². The van der Waals surface area contributed by atoms with Gasteiger partial charge in [-0.3, -0.25) is 9.59 Å². The van der Waals surface area contributed by atoms with Crippen LogP contribution >= 0.6 is 0 Å². The minimum Gasteiger partial charge on any atom is -0.349 e. The molecule has 0 heterocycles. The molecule has 0 radical (unpaired) electrons. The van der Waals surface area contributed by atoms with E-state index in [1.807, 2.05) is 0 Å². The lowest BCUT2D eigenvalue weighted by molar-refractivity contribution is 0.0932. The van der Waals surface area contributed by atoms with Gasteiger partial charge in [0, 0.05) is 17.2 Å². The van der Waals surface area contributed by atoms with Crippen LogP contribution in [0.25, 0.3) is 0 Å². The largest absolute Gasteiger partial charge is 0.349 e. The van der Waals surface area contributed by atoms with E-state index in [0.717, 1.165) is 37.8 Å². The summed E-state index contributed by atoms with van der Waals surface area (Å²) in [7, 11) is 0. The maximum absolute atomic E-state index is 13.7. The van der Waals surface area contributed by atoms with E-state index in [0.29, 0.717) is 5.56 Å². The fraction of sp³-hybridized carbons (Fsp3) is 0.333. The van der Waals surface area contributed by atoms with Crippen molar-refractivity contribution in [3.63, 3.8) is 0 Å². The normalized spacial score (nSPS) is 15.0. The number of benzene rings is 2. The Morgan fingerprint density at radius 2 is 1.32 bits per heavy atom. The van der Waals surface area contributed by atoms with Crippen LogP contribution in [0.2, 0.25) is 0 Å². The molecule has 2 N–H and O–H groups in total. The van der Waals surface area contributed by atoms with Gasteiger partial charge in [0.1, 0.15) is 0 Å². The number of hydrogen-bond acceptors (Lipinski definition) is 2. The third kappa shape index (κ3) is 4.71. The summed E-state index contributed by atoms with van der Waals surface area (Å²) in [6.07, 6.45) is 6.51. The highest BCUT2D eigenvalue weighted by atomic mass is 19.2. The van der Waals surface area contributed by atoms with Gasteiger partial charge in [-0.25, -0.2) is 13.2 Å². The molecule has 0 saturated heterocycles. The molecular weight excluding hydrogens is 369 g/mol. The summed E-state index contributed by atoms with van der Waals surface area (Å²) >= 11 is 0. The van der Waals surface area contributed by atoms with Gasteiger partial charge in [-0.1, -0.05) is 25.7 Å². The molecule has 0 bridgehead atoms. The third-order valence-electron chi connectivity index (χ3n) is 4.88. The summed E-state index contributed by atoms with van der Waals surface area (Å²) in [4.78, 5) is 24.6. The minimum atomic E-state index is -1.65. The molecule has 1 fully saturated rings. The lowest BCUT2D eigenvalue weighted by atomic mass is 10.1. The van der Waals surface area contributed by atoms with Crippen LogP contribution in [-0.4, -0.2) is 17.9 Å². The molecular formula is C21H21F3N2O2. The first-order valence-corrected chi connectivity index (χ1v) is 9.31. The summed E-state index contributed by atoms with van der Waals surface area (Å²) in [5.74, 6) is -5.35. The number of nitrogens with one attached hydrogen (secondary N) is 2. The Morgan fingerprint density at radius 3 is 1.93 bits per heavy atom. The summed E-state index contributed by atoms with van der Waals surface area (Å²) in [6, 6.07) is 7.69. The van der Waals surface area contributed by atoms with Crippen molar-refractivity contribution in [3.8, 4) is 0 Å². The lowest BCUT2D eigenvalue weighted by Crippen LogP contribution is -2.34. The molecule has 1 aliphatic carbocycles. The zero-order valence-corrected chi connectivity index (χ0v) is 15.2. The summed E-state index contributed by atoms with van der Waals surface area (Å²) in [6.45, 7) is 0. The Morgan fingerprint density at radius 1 is 0.750 bits per heavy atom. The molecule has 2 aromatic carbocycles. The molecule has 2 aromatic rings. The van der Waals surface area contributed by atoms with Crippen molar-refractivity contribution >= 4 is 17.5 Å². The predicted octanol–water partition coefficient (Wildman–Crippen LogP) is 4.81. The van der Waals surface area contributed by atoms with Crippen molar-refractivity contribution in [1.29, 1.82) is 0 Å². The quantitative estimate of drug-likeness (QED) is 0.582. The molecule has 0 atom stereocenters. The summed E-state index contributed by atoms with van der Waals surface area (Å²) < 4.78 is 39.9. The van der Waals surface area contributed by atoms with E-state index in [9.17, 15) is 22.8 Å². The first kappa shape index (κ1) is 19.9. The molecule has 0 aromatic heterocycles. The van der Waals surface area contributed by atoms with Crippen molar-refractivity contribution in [3.05, 3.63) is 65.0 Å². The Kier molecular flexibility index (Phi) is 6.34. The molecule has 1 saturated carbocycles. The highest BCUT2D eigenvalue weighted by Gasteiger charge is 2.18. The number of rotatable bonds is 4. The first-order chi connectivity index (χ1) is 13.5. The lowest BCUT2D eigenvalue weighted by Gasteiger charge is -2.16. The van der Waals surface area contributed by atoms with Crippen LogP contribution < -0.4 is 10.6 Å². The van der Waals surface area contributed by atoms with E-state index in [1.54, 1.807) is 0 Å². The van der Waals surface area contributed by atoms with Crippen LogP contribution in [0.3, 0.4) is 0 Å². The van der Waals surface area contributed by atoms with Crippen LogP contribution in [0.15, 0.2) is 36.4 Å². The molecule has 148 valence electrons. The van der Waals surface area contributed by atoms with E-state index in [2.05, 4.69) is 10.6 Å². The maximum Gasteiger partial charge on any atom is 0.255 e. The number of halogens is 3. The number of carbonyl (C=O) groups is 2. The number of carbonyl (C=O) groups excluding carboxylic acids is 2.